The van der Waals surface area contributed by atoms with Crippen molar-refractivity contribution >= 4 is 27.8 Å². The lowest BCUT2D eigenvalue weighted by Gasteiger charge is -2.07. The molecule has 11 heteroatoms. The maximum absolute atomic E-state index is 11.6. The molecule has 1 aromatic carbocycles. The van der Waals surface area contributed by atoms with Gasteiger partial charge >= 0.3 is 16.4 Å². The van der Waals surface area contributed by atoms with Crippen molar-refractivity contribution in [1.29, 1.82) is 0 Å². The summed E-state index contributed by atoms with van der Waals surface area (Å²) in [5.74, 6) is -1.55. The Hall–Kier alpha value is -2.05. The predicted molar refractivity (Wildman–Crippen MR) is 73.2 cm³/mol. The number of hydrogen-bond acceptors (Lipinski definition) is 6. The van der Waals surface area contributed by atoms with Gasteiger partial charge in [0.2, 0.25) is 0 Å². The number of ketones is 1. The lowest BCUT2D eigenvalue weighted by Crippen LogP contribution is -2.32. The van der Waals surface area contributed by atoms with Crippen LogP contribution in [0, 0.1) is 0 Å². The van der Waals surface area contributed by atoms with E-state index in [9.17, 15) is 9.59 Å². The summed E-state index contributed by atoms with van der Waals surface area (Å²) in [5, 5.41) is 8.54. The summed E-state index contributed by atoms with van der Waals surface area (Å²) in [5.41, 5.74) is 11.5. The molecule has 10 nitrogen and oxygen atoms in total. The molecule has 0 aliphatic carbocycles. The van der Waals surface area contributed by atoms with Crippen LogP contribution < -0.4 is 11.5 Å². The molecule has 0 saturated carbocycles. The van der Waals surface area contributed by atoms with Gasteiger partial charge in [0.25, 0.3) is 0 Å². The fourth-order valence-electron chi connectivity index (χ4n) is 1.15. The average molecular weight is 324 g/mol. The van der Waals surface area contributed by atoms with Gasteiger partial charge in [0.05, 0.1) is 0 Å². The summed E-state index contributed by atoms with van der Waals surface area (Å²) in [7, 11) is -4.67. The van der Waals surface area contributed by atoms with Gasteiger partial charge in [-0.1, -0.05) is 12.1 Å². The Labute approximate surface area is 120 Å². The molecular weight excluding hydrogens is 308 g/mol. The van der Waals surface area contributed by atoms with E-state index in [1.54, 1.807) is 24.3 Å². The second kappa shape index (κ2) is 8.99. The van der Waals surface area contributed by atoms with Gasteiger partial charge in [-0.05, 0) is 12.1 Å². The Balaban J connectivity index is 0. The van der Waals surface area contributed by atoms with E-state index in [-0.39, 0.29) is 17.7 Å². The molecule has 1 rings (SSSR count). The van der Waals surface area contributed by atoms with Crippen LogP contribution in [-0.2, 0) is 15.2 Å². The normalized spacial score (nSPS) is 11.4. The quantitative estimate of drug-likeness (QED) is 0.254. The number of carbonyl (C=O) groups excluding carboxylic acids is 1. The topological polar surface area (TPSA) is 213 Å². The summed E-state index contributed by atoms with van der Waals surface area (Å²) in [6.07, 6.45) is -0.246. The van der Waals surface area contributed by atoms with E-state index >= 15 is 0 Å². The number of carbonyl (C=O) groups is 2. The zero-order valence-corrected chi connectivity index (χ0v) is 11.4. The van der Waals surface area contributed by atoms with Crippen molar-refractivity contribution in [2.24, 2.45) is 5.73 Å². The van der Waals surface area contributed by atoms with Crippen molar-refractivity contribution in [1.82, 2.24) is 0 Å². The first-order valence-corrected chi connectivity index (χ1v) is 6.48. The number of aliphatic carboxylic acids is 1. The van der Waals surface area contributed by atoms with E-state index in [1.807, 2.05) is 0 Å². The molecule has 0 spiro atoms. The molecule has 0 aliphatic rings. The molecule has 1 atom stereocenters. The van der Waals surface area contributed by atoms with Crippen molar-refractivity contribution < 1.29 is 37.7 Å². The lowest BCUT2D eigenvalue weighted by atomic mass is 10.0. The SMILES string of the molecule is Nc1ccccc1C(=O)CC(N)C(=O)O.O.O=S(=O)(O)O. The molecule has 0 saturated heterocycles. The molecule has 1 aromatic rings. The van der Waals surface area contributed by atoms with Crippen LogP contribution >= 0.6 is 0 Å². The standard InChI is InChI=1S/C10H12N2O3.H2O4S.H2O/c11-7-4-2-1-3-6(7)9(13)5-8(12)10(14)15;1-5(2,3)4;/h1-4,8H,5,11-12H2,(H,14,15);(H2,1,2,3,4);1H2. The number of carboxylic acid groups (broad SMARTS) is 1. The minimum Gasteiger partial charge on any atom is -0.480 e. The molecule has 120 valence electrons. The number of nitrogen functional groups attached to an aromatic ring is 1. The van der Waals surface area contributed by atoms with Crippen LogP contribution in [0.1, 0.15) is 16.8 Å². The third-order valence-electron chi connectivity index (χ3n) is 1.98. The van der Waals surface area contributed by atoms with Gasteiger partial charge in [-0.25, -0.2) is 0 Å². The molecular formula is C10H16N2O8S. The number of hydrogen-bond donors (Lipinski definition) is 5. The summed E-state index contributed by atoms with van der Waals surface area (Å²) in [4.78, 5) is 22.0. The lowest BCUT2D eigenvalue weighted by molar-refractivity contribution is -0.138. The van der Waals surface area contributed by atoms with Crippen LogP contribution in [-0.4, -0.2) is 45.9 Å². The predicted octanol–water partition coefficient (Wildman–Crippen LogP) is -1.22. The fraction of sp³-hybridized carbons (Fsp3) is 0.200. The van der Waals surface area contributed by atoms with Gasteiger partial charge in [-0.15, -0.1) is 0 Å². The highest BCUT2D eigenvalue weighted by molar-refractivity contribution is 7.79. The first-order valence-electron chi connectivity index (χ1n) is 5.08. The summed E-state index contributed by atoms with van der Waals surface area (Å²) >= 11 is 0. The number of benzene rings is 1. The monoisotopic (exact) mass is 324 g/mol. The van der Waals surface area contributed by atoms with Crippen LogP contribution in [0.4, 0.5) is 5.69 Å². The van der Waals surface area contributed by atoms with E-state index < -0.39 is 22.4 Å². The molecule has 0 radical (unpaired) electrons. The van der Waals surface area contributed by atoms with E-state index in [2.05, 4.69) is 0 Å². The Morgan fingerprint density at radius 1 is 1.19 bits per heavy atom. The Morgan fingerprint density at radius 3 is 2.00 bits per heavy atom. The minimum atomic E-state index is -4.67. The molecule has 0 fully saturated rings. The van der Waals surface area contributed by atoms with Crippen molar-refractivity contribution in [2.75, 3.05) is 5.73 Å². The fourth-order valence-corrected chi connectivity index (χ4v) is 1.15. The van der Waals surface area contributed by atoms with Crippen molar-refractivity contribution in [2.45, 2.75) is 12.5 Å². The van der Waals surface area contributed by atoms with Crippen LogP contribution in [0.2, 0.25) is 0 Å². The number of carboxylic acids is 1. The van der Waals surface area contributed by atoms with E-state index in [0.29, 0.717) is 11.3 Å². The highest BCUT2D eigenvalue weighted by Crippen LogP contribution is 2.13. The Bertz CT molecular complexity index is 578. The number of nitrogens with two attached hydrogens (primary N) is 2. The van der Waals surface area contributed by atoms with Crippen LogP contribution in [0.3, 0.4) is 0 Å². The molecule has 0 aliphatic heterocycles. The van der Waals surface area contributed by atoms with Crippen molar-refractivity contribution in [3.63, 3.8) is 0 Å². The number of rotatable bonds is 4. The van der Waals surface area contributed by atoms with E-state index in [0.717, 1.165) is 0 Å². The number of anilines is 1. The van der Waals surface area contributed by atoms with Crippen molar-refractivity contribution in [3.05, 3.63) is 29.8 Å². The minimum absolute atomic E-state index is 0. The van der Waals surface area contributed by atoms with Gasteiger partial charge < -0.3 is 22.1 Å². The molecule has 0 amide bonds. The summed E-state index contributed by atoms with van der Waals surface area (Å²) in [6.45, 7) is 0. The zero-order chi connectivity index (χ0) is 15.9. The average Bonchev–Trinajstić information content (AvgIpc) is 2.26. The smallest absolute Gasteiger partial charge is 0.394 e. The first kappa shape index (κ1) is 21.3. The van der Waals surface area contributed by atoms with E-state index in [1.165, 1.54) is 0 Å². The number of Topliss-reactive ketones (excluding diaryl/α,β-unsaturated/α-hetero) is 1. The number of para-hydroxylation sites is 1. The second-order valence-corrected chi connectivity index (χ2v) is 4.50. The molecule has 21 heavy (non-hydrogen) atoms. The highest BCUT2D eigenvalue weighted by Gasteiger charge is 2.18. The van der Waals surface area contributed by atoms with E-state index in [4.69, 9.17) is 34.1 Å². The van der Waals surface area contributed by atoms with Crippen LogP contribution in [0.15, 0.2) is 24.3 Å². The maximum atomic E-state index is 11.6. The van der Waals surface area contributed by atoms with Crippen LogP contribution in [0.5, 0.6) is 0 Å². The van der Waals surface area contributed by atoms with Gasteiger partial charge in [0.15, 0.2) is 5.78 Å². The maximum Gasteiger partial charge on any atom is 0.394 e. The molecule has 0 bridgehead atoms. The van der Waals surface area contributed by atoms with Crippen LogP contribution in [0.25, 0.3) is 0 Å². The Morgan fingerprint density at radius 2 is 1.62 bits per heavy atom. The highest BCUT2D eigenvalue weighted by atomic mass is 32.3. The summed E-state index contributed by atoms with van der Waals surface area (Å²) < 4.78 is 31.6. The second-order valence-electron chi connectivity index (χ2n) is 3.61. The largest absolute Gasteiger partial charge is 0.480 e. The molecule has 0 heterocycles. The molecule has 9 N–H and O–H groups in total. The molecule has 0 aromatic heterocycles. The third-order valence-corrected chi connectivity index (χ3v) is 1.98. The zero-order valence-electron chi connectivity index (χ0n) is 10.6. The molecule has 1 unspecified atom stereocenters. The van der Waals surface area contributed by atoms with Gasteiger partial charge in [-0.3, -0.25) is 18.7 Å². The van der Waals surface area contributed by atoms with Gasteiger partial charge in [0, 0.05) is 17.7 Å². The van der Waals surface area contributed by atoms with Gasteiger partial charge in [-0.2, -0.15) is 8.42 Å². The first-order chi connectivity index (χ1) is 9.02. The Kier molecular flexibility index (Phi) is 9.10. The van der Waals surface area contributed by atoms with Gasteiger partial charge in [0.1, 0.15) is 6.04 Å². The third kappa shape index (κ3) is 10.4. The summed E-state index contributed by atoms with van der Waals surface area (Å²) in [6, 6.07) is 5.31. The van der Waals surface area contributed by atoms with Crippen molar-refractivity contribution in [3.8, 4) is 0 Å².